The number of aliphatic carboxylic acids is 2. The fraction of sp³-hybridized carbons (Fsp3) is 0.412. The van der Waals surface area contributed by atoms with E-state index in [0.29, 0.717) is 24.0 Å². The molecule has 2 N–H and O–H groups in total. The minimum atomic E-state index is -1.95. The number of carbonyl (C=O) groups excluding carboxylic acids is 1. The molecule has 0 aliphatic carbocycles. The molecule has 0 aliphatic rings. The Kier molecular flexibility index (Phi) is 6.93. The molecule has 128 valence electrons. The molecule has 7 heteroatoms. The van der Waals surface area contributed by atoms with E-state index in [-0.39, 0.29) is 6.54 Å². The number of nitrogens with zero attached hydrogens (tertiary/aromatic N) is 2. The number of carbonyl (C=O) groups is 3. The van der Waals surface area contributed by atoms with E-state index in [0.717, 1.165) is 4.90 Å². The third kappa shape index (κ3) is 4.56. The van der Waals surface area contributed by atoms with Crippen molar-refractivity contribution in [3.05, 3.63) is 35.4 Å². The molecule has 0 unspecified atom stereocenters. The number of carboxylic acid groups (broad SMARTS) is 2. The third-order valence-corrected chi connectivity index (χ3v) is 3.83. The zero-order valence-corrected chi connectivity index (χ0v) is 13.6. The van der Waals surface area contributed by atoms with Gasteiger partial charge in [-0.15, -0.1) is 0 Å². The summed E-state index contributed by atoms with van der Waals surface area (Å²) in [5.74, 6) is -4.12. The average molecular weight is 332 g/mol. The highest BCUT2D eigenvalue weighted by Gasteiger charge is 2.37. The predicted octanol–water partition coefficient (Wildman–Crippen LogP) is 1.86. The number of hydrogen-bond acceptors (Lipinski definition) is 4. The van der Waals surface area contributed by atoms with Gasteiger partial charge in [-0.2, -0.15) is 5.26 Å². The smallest absolute Gasteiger partial charge is 0.338 e. The van der Waals surface area contributed by atoms with Gasteiger partial charge in [-0.3, -0.25) is 4.79 Å². The molecule has 1 aromatic rings. The maximum Gasteiger partial charge on any atom is 0.338 e. The van der Waals surface area contributed by atoms with Gasteiger partial charge < -0.3 is 15.1 Å². The maximum atomic E-state index is 12.6. The third-order valence-electron chi connectivity index (χ3n) is 3.83. The fourth-order valence-corrected chi connectivity index (χ4v) is 2.42. The predicted molar refractivity (Wildman–Crippen MR) is 84.8 cm³/mol. The monoisotopic (exact) mass is 332 g/mol. The van der Waals surface area contributed by atoms with Gasteiger partial charge in [0.05, 0.1) is 11.6 Å². The van der Waals surface area contributed by atoms with Crippen LogP contribution in [0.5, 0.6) is 0 Å². The van der Waals surface area contributed by atoms with Gasteiger partial charge in [0.2, 0.25) is 11.9 Å². The van der Waals surface area contributed by atoms with Crippen LogP contribution in [0.2, 0.25) is 0 Å². The summed E-state index contributed by atoms with van der Waals surface area (Å²) in [6.45, 7) is 3.44. The van der Waals surface area contributed by atoms with E-state index in [1.807, 2.05) is 6.07 Å². The van der Waals surface area contributed by atoms with Crippen LogP contribution in [0.3, 0.4) is 0 Å². The van der Waals surface area contributed by atoms with Crippen LogP contribution in [0.25, 0.3) is 0 Å². The minimum Gasteiger partial charge on any atom is -0.479 e. The first kappa shape index (κ1) is 19.2. The standard InChI is InChI=1S/C17H20N2O5/c1-3-13(4-2)15(20)19(14(16(21)22)17(23)24)10-12-7-5-11(9-18)6-8-12/h5-8,13-14H,3-4,10H2,1-2H3,(H,21,22)(H,23,24). The normalized spacial score (nSPS) is 10.5. The number of benzene rings is 1. The van der Waals surface area contributed by atoms with Crippen LogP contribution in [-0.2, 0) is 20.9 Å². The quantitative estimate of drug-likeness (QED) is 0.701. The SMILES string of the molecule is CCC(CC)C(=O)N(Cc1ccc(C#N)cc1)C(C(=O)O)C(=O)O. The van der Waals surface area contributed by atoms with E-state index in [1.54, 1.807) is 26.0 Å². The van der Waals surface area contributed by atoms with Crippen molar-refractivity contribution < 1.29 is 24.6 Å². The lowest BCUT2D eigenvalue weighted by atomic mass is 10.00. The van der Waals surface area contributed by atoms with E-state index in [4.69, 9.17) is 5.26 Å². The van der Waals surface area contributed by atoms with Crippen molar-refractivity contribution in [2.75, 3.05) is 0 Å². The van der Waals surface area contributed by atoms with Crippen LogP contribution >= 0.6 is 0 Å². The van der Waals surface area contributed by atoms with Crippen LogP contribution < -0.4 is 0 Å². The molecule has 1 aromatic carbocycles. The van der Waals surface area contributed by atoms with Crippen molar-refractivity contribution >= 4 is 17.8 Å². The van der Waals surface area contributed by atoms with Crippen LogP contribution in [0.15, 0.2) is 24.3 Å². The molecule has 1 amide bonds. The highest BCUT2D eigenvalue weighted by molar-refractivity contribution is 6.01. The Hall–Kier alpha value is -2.88. The first-order valence-corrected chi connectivity index (χ1v) is 7.60. The topological polar surface area (TPSA) is 119 Å². The molecule has 0 spiro atoms. The highest BCUT2D eigenvalue weighted by Crippen LogP contribution is 2.18. The van der Waals surface area contributed by atoms with Crippen molar-refractivity contribution in [2.24, 2.45) is 5.92 Å². The molecule has 0 radical (unpaired) electrons. The molecule has 0 saturated carbocycles. The van der Waals surface area contributed by atoms with E-state index < -0.39 is 29.8 Å². The largest absolute Gasteiger partial charge is 0.479 e. The van der Waals surface area contributed by atoms with Crippen LogP contribution in [0.4, 0.5) is 0 Å². The van der Waals surface area contributed by atoms with E-state index in [9.17, 15) is 24.6 Å². The summed E-state index contributed by atoms with van der Waals surface area (Å²) < 4.78 is 0. The van der Waals surface area contributed by atoms with Crippen LogP contribution in [0, 0.1) is 17.2 Å². The van der Waals surface area contributed by atoms with E-state index in [2.05, 4.69) is 0 Å². The molecule has 0 saturated heterocycles. The first-order valence-electron chi connectivity index (χ1n) is 7.60. The van der Waals surface area contributed by atoms with Gasteiger partial charge in [-0.05, 0) is 30.5 Å². The molecular weight excluding hydrogens is 312 g/mol. The summed E-state index contributed by atoms with van der Waals surface area (Å²) >= 11 is 0. The van der Waals surface area contributed by atoms with E-state index in [1.165, 1.54) is 12.1 Å². The fourth-order valence-electron chi connectivity index (χ4n) is 2.42. The Morgan fingerprint density at radius 3 is 1.96 bits per heavy atom. The second kappa shape index (κ2) is 8.67. The average Bonchev–Trinajstić information content (AvgIpc) is 2.55. The van der Waals surface area contributed by atoms with Crippen molar-refractivity contribution in [1.82, 2.24) is 4.90 Å². The molecule has 0 fully saturated rings. The van der Waals surface area contributed by atoms with Crippen molar-refractivity contribution in [3.8, 4) is 6.07 Å². The van der Waals surface area contributed by atoms with Gasteiger partial charge in [0.1, 0.15) is 0 Å². The van der Waals surface area contributed by atoms with Gasteiger partial charge in [-0.25, -0.2) is 9.59 Å². The first-order chi connectivity index (χ1) is 11.3. The summed E-state index contributed by atoms with van der Waals surface area (Å²) in [6, 6.07) is 6.23. The number of nitriles is 1. The summed E-state index contributed by atoms with van der Waals surface area (Å²) in [5.41, 5.74) is 0.977. The second-order valence-corrected chi connectivity index (χ2v) is 5.37. The highest BCUT2D eigenvalue weighted by atomic mass is 16.4. The molecule has 24 heavy (non-hydrogen) atoms. The molecule has 0 heterocycles. The molecule has 0 aromatic heterocycles. The maximum absolute atomic E-state index is 12.6. The zero-order chi connectivity index (χ0) is 18.3. The molecular formula is C17H20N2O5. The van der Waals surface area contributed by atoms with Gasteiger partial charge >= 0.3 is 11.9 Å². The molecule has 0 atom stereocenters. The van der Waals surface area contributed by atoms with E-state index >= 15 is 0 Å². The molecule has 0 bridgehead atoms. The molecule has 1 rings (SSSR count). The summed E-state index contributed by atoms with van der Waals surface area (Å²) in [6.07, 6.45) is 0.982. The zero-order valence-electron chi connectivity index (χ0n) is 13.6. The Bertz CT molecular complexity index is 630. The summed E-state index contributed by atoms with van der Waals surface area (Å²) in [7, 11) is 0. The van der Waals surface area contributed by atoms with Crippen LogP contribution in [0.1, 0.15) is 37.8 Å². The lowest BCUT2D eigenvalue weighted by Crippen LogP contribution is -2.51. The summed E-state index contributed by atoms with van der Waals surface area (Å²) in [5, 5.41) is 27.3. The number of rotatable bonds is 8. The molecule has 7 nitrogen and oxygen atoms in total. The second-order valence-electron chi connectivity index (χ2n) is 5.37. The van der Waals surface area contributed by atoms with Crippen molar-refractivity contribution in [2.45, 2.75) is 39.3 Å². The lowest BCUT2D eigenvalue weighted by molar-refractivity contribution is -0.163. The number of carboxylic acids is 2. The number of amides is 1. The Morgan fingerprint density at radius 1 is 1.08 bits per heavy atom. The molecule has 0 aliphatic heterocycles. The number of hydrogen-bond donors (Lipinski definition) is 2. The van der Waals surface area contributed by atoms with Crippen molar-refractivity contribution in [3.63, 3.8) is 0 Å². The lowest BCUT2D eigenvalue weighted by Gasteiger charge is -2.29. The van der Waals surface area contributed by atoms with Crippen molar-refractivity contribution in [1.29, 1.82) is 5.26 Å². The van der Waals surface area contributed by atoms with Crippen LogP contribution in [-0.4, -0.2) is 39.0 Å². The van der Waals surface area contributed by atoms with Gasteiger partial charge in [-0.1, -0.05) is 26.0 Å². The Balaban J connectivity index is 3.20. The van der Waals surface area contributed by atoms with Gasteiger partial charge in [0.15, 0.2) is 0 Å². The minimum absolute atomic E-state index is 0.149. The van der Waals surface area contributed by atoms with Gasteiger partial charge in [0, 0.05) is 12.5 Å². The Morgan fingerprint density at radius 2 is 1.58 bits per heavy atom. The summed E-state index contributed by atoms with van der Waals surface area (Å²) in [4.78, 5) is 36.2. The van der Waals surface area contributed by atoms with Gasteiger partial charge in [0.25, 0.3) is 0 Å². The Labute approximate surface area is 140 Å².